The van der Waals surface area contributed by atoms with E-state index in [1.165, 1.54) is 35.6 Å². The number of aromatic nitrogens is 3. The first-order valence-corrected chi connectivity index (χ1v) is 9.06. The van der Waals surface area contributed by atoms with Crippen molar-refractivity contribution in [3.63, 3.8) is 0 Å². The zero-order valence-electron chi connectivity index (χ0n) is 14.7. The van der Waals surface area contributed by atoms with Crippen molar-refractivity contribution in [3.05, 3.63) is 59.8 Å². The number of hydrogen-bond donors (Lipinski definition) is 2. The van der Waals surface area contributed by atoms with Crippen LogP contribution in [0.15, 0.2) is 42.9 Å². The van der Waals surface area contributed by atoms with Crippen molar-refractivity contribution >= 4 is 16.8 Å². The SMILES string of the molecule is NC(=O)c1cc(C[C@@H]2CCCN(Cc3ccc4cc[nH]c4c3)C2)ncn1. The summed E-state index contributed by atoms with van der Waals surface area (Å²) in [5.74, 6) is 0.0345. The van der Waals surface area contributed by atoms with E-state index < -0.39 is 5.91 Å². The second-order valence-corrected chi connectivity index (χ2v) is 7.11. The lowest BCUT2D eigenvalue weighted by molar-refractivity contribution is 0.0995. The fraction of sp³-hybridized carbons (Fsp3) is 0.350. The summed E-state index contributed by atoms with van der Waals surface area (Å²) in [6, 6.07) is 10.4. The molecule has 1 aliphatic rings. The van der Waals surface area contributed by atoms with E-state index >= 15 is 0 Å². The second-order valence-electron chi connectivity index (χ2n) is 7.11. The van der Waals surface area contributed by atoms with E-state index in [-0.39, 0.29) is 0 Å². The molecule has 1 amide bonds. The number of fused-ring (bicyclic) bond motifs is 1. The van der Waals surface area contributed by atoms with Crippen LogP contribution >= 0.6 is 0 Å². The maximum Gasteiger partial charge on any atom is 0.267 e. The highest BCUT2D eigenvalue weighted by Crippen LogP contribution is 2.23. The molecule has 134 valence electrons. The summed E-state index contributed by atoms with van der Waals surface area (Å²) in [4.78, 5) is 25.3. The van der Waals surface area contributed by atoms with Gasteiger partial charge in [-0.2, -0.15) is 0 Å². The van der Waals surface area contributed by atoms with Gasteiger partial charge < -0.3 is 10.7 Å². The third kappa shape index (κ3) is 3.75. The highest BCUT2D eigenvalue weighted by Gasteiger charge is 2.21. The molecule has 1 atom stereocenters. The molecule has 6 heteroatoms. The highest BCUT2D eigenvalue weighted by atomic mass is 16.1. The average Bonchev–Trinajstić information content (AvgIpc) is 3.10. The fourth-order valence-electron chi connectivity index (χ4n) is 3.85. The number of aromatic amines is 1. The molecule has 3 aromatic rings. The number of amides is 1. The van der Waals surface area contributed by atoms with Gasteiger partial charge in [0.05, 0.1) is 0 Å². The molecule has 26 heavy (non-hydrogen) atoms. The van der Waals surface area contributed by atoms with E-state index in [0.717, 1.165) is 31.7 Å². The summed E-state index contributed by atoms with van der Waals surface area (Å²) < 4.78 is 0. The number of carbonyl (C=O) groups excluding carboxylic acids is 1. The van der Waals surface area contributed by atoms with E-state index in [1.54, 1.807) is 6.07 Å². The summed E-state index contributed by atoms with van der Waals surface area (Å²) in [7, 11) is 0. The van der Waals surface area contributed by atoms with Crippen LogP contribution in [0.4, 0.5) is 0 Å². The molecule has 2 aromatic heterocycles. The van der Waals surface area contributed by atoms with E-state index in [9.17, 15) is 4.79 Å². The molecule has 0 bridgehead atoms. The van der Waals surface area contributed by atoms with Gasteiger partial charge in [0.1, 0.15) is 12.0 Å². The molecule has 1 aromatic carbocycles. The lowest BCUT2D eigenvalue weighted by atomic mass is 9.92. The van der Waals surface area contributed by atoms with E-state index in [1.807, 2.05) is 6.20 Å². The number of piperidine rings is 1. The van der Waals surface area contributed by atoms with Crippen molar-refractivity contribution in [2.45, 2.75) is 25.8 Å². The molecule has 1 saturated heterocycles. The minimum atomic E-state index is -0.501. The van der Waals surface area contributed by atoms with Gasteiger partial charge >= 0.3 is 0 Å². The number of nitrogens with two attached hydrogens (primary N) is 1. The molecule has 4 rings (SSSR count). The molecule has 3 heterocycles. The number of H-pyrrole nitrogens is 1. The maximum atomic E-state index is 11.3. The topological polar surface area (TPSA) is 87.9 Å². The fourth-order valence-corrected chi connectivity index (χ4v) is 3.85. The van der Waals surface area contributed by atoms with Gasteiger partial charge in [0.2, 0.25) is 0 Å². The third-order valence-corrected chi connectivity index (χ3v) is 5.10. The molecule has 0 saturated carbocycles. The van der Waals surface area contributed by atoms with Gasteiger partial charge in [-0.15, -0.1) is 0 Å². The first kappa shape index (κ1) is 16.7. The standard InChI is InChI=1S/C20H23N5O/c21-20(26)19-10-17(23-13-24-19)8-14-2-1-7-25(11-14)12-15-3-4-16-5-6-22-18(16)9-15/h3-6,9-10,13-14,22H,1-2,7-8,11-12H2,(H2,21,26)/t14-/m0/s1. The Labute approximate surface area is 152 Å². The Balaban J connectivity index is 1.40. The Hall–Kier alpha value is -2.73. The predicted octanol–water partition coefficient (Wildman–Crippen LogP) is 2.51. The van der Waals surface area contributed by atoms with Crippen LogP contribution in [-0.4, -0.2) is 38.8 Å². The lowest BCUT2D eigenvalue weighted by Gasteiger charge is -2.32. The molecule has 0 spiro atoms. The summed E-state index contributed by atoms with van der Waals surface area (Å²) in [6.45, 7) is 3.12. The molecule has 6 nitrogen and oxygen atoms in total. The summed E-state index contributed by atoms with van der Waals surface area (Å²) in [5, 5.41) is 1.25. The molecule has 0 radical (unpaired) electrons. The van der Waals surface area contributed by atoms with Gasteiger partial charge in [0.15, 0.2) is 0 Å². The summed E-state index contributed by atoms with van der Waals surface area (Å²) >= 11 is 0. The van der Waals surface area contributed by atoms with Crippen molar-refractivity contribution in [3.8, 4) is 0 Å². The number of carbonyl (C=O) groups is 1. The van der Waals surface area contributed by atoms with Crippen molar-refractivity contribution < 1.29 is 4.79 Å². The van der Waals surface area contributed by atoms with Gasteiger partial charge in [-0.3, -0.25) is 9.69 Å². The second kappa shape index (κ2) is 7.25. The number of nitrogens with zero attached hydrogens (tertiary/aromatic N) is 3. The summed E-state index contributed by atoms with van der Waals surface area (Å²) in [5.41, 5.74) is 9.03. The van der Waals surface area contributed by atoms with E-state index in [2.05, 4.69) is 44.1 Å². The number of hydrogen-bond acceptors (Lipinski definition) is 4. The minimum absolute atomic E-state index is 0.293. The maximum absolute atomic E-state index is 11.3. The Morgan fingerprint density at radius 1 is 1.27 bits per heavy atom. The van der Waals surface area contributed by atoms with Crippen molar-refractivity contribution in [2.24, 2.45) is 11.7 Å². The largest absolute Gasteiger partial charge is 0.364 e. The van der Waals surface area contributed by atoms with Crippen LogP contribution in [-0.2, 0) is 13.0 Å². The Bertz CT molecular complexity index is 919. The Morgan fingerprint density at radius 2 is 2.19 bits per heavy atom. The third-order valence-electron chi connectivity index (χ3n) is 5.10. The molecule has 0 unspecified atom stereocenters. The molecular formula is C20H23N5O. The van der Waals surface area contributed by atoms with Crippen LogP contribution in [0.5, 0.6) is 0 Å². The summed E-state index contributed by atoms with van der Waals surface area (Å²) in [6.07, 6.45) is 6.63. The molecular weight excluding hydrogens is 326 g/mol. The zero-order valence-corrected chi connectivity index (χ0v) is 14.7. The van der Waals surface area contributed by atoms with Gasteiger partial charge in [0, 0.05) is 30.5 Å². The van der Waals surface area contributed by atoms with Gasteiger partial charge in [-0.25, -0.2) is 9.97 Å². The first-order valence-electron chi connectivity index (χ1n) is 9.06. The van der Waals surface area contributed by atoms with Crippen LogP contribution in [0.3, 0.4) is 0 Å². The van der Waals surface area contributed by atoms with Gasteiger partial charge in [-0.1, -0.05) is 12.1 Å². The predicted molar refractivity (Wildman–Crippen MR) is 101 cm³/mol. The number of rotatable bonds is 5. The lowest BCUT2D eigenvalue weighted by Crippen LogP contribution is -2.35. The van der Waals surface area contributed by atoms with E-state index in [4.69, 9.17) is 5.73 Å². The van der Waals surface area contributed by atoms with Crippen molar-refractivity contribution in [1.82, 2.24) is 19.9 Å². The molecule has 3 N–H and O–H groups in total. The quantitative estimate of drug-likeness (QED) is 0.741. The van der Waals surface area contributed by atoms with Crippen LogP contribution < -0.4 is 5.73 Å². The van der Waals surface area contributed by atoms with Crippen molar-refractivity contribution in [1.29, 1.82) is 0 Å². The van der Waals surface area contributed by atoms with Crippen LogP contribution in [0.2, 0.25) is 0 Å². The van der Waals surface area contributed by atoms with Gasteiger partial charge in [-0.05, 0) is 60.9 Å². The number of likely N-dealkylation sites (tertiary alicyclic amines) is 1. The Kier molecular flexibility index (Phi) is 4.67. The zero-order chi connectivity index (χ0) is 17.9. The van der Waals surface area contributed by atoms with Crippen molar-refractivity contribution in [2.75, 3.05) is 13.1 Å². The van der Waals surface area contributed by atoms with Crippen LogP contribution in [0, 0.1) is 5.92 Å². The normalized spacial score (nSPS) is 18.2. The van der Waals surface area contributed by atoms with Gasteiger partial charge in [0.25, 0.3) is 5.91 Å². The number of benzene rings is 1. The molecule has 1 fully saturated rings. The highest BCUT2D eigenvalue weighted by molar-refractivity contribution is 5.90. The average molecular weight is 349 g/mol. The smallest absolute Gasteiger partial charge is 0.267 e. The number of primary amides is 1. The molecule has 1 aliphatic heterocycles. The van der Waals surface area contributed by atoms with E-state index in [0.29, 0.717) is 11.6 Å². The van der Waals surface area contributed by atoms with Crippen LogP contribution in [0.25, 0.3) is 10.9 Å². The monoisotopic (exact) mass is 349 g/mol. The Morgan fingerprint density at radius 3 is 3.08 bits per heavy atom. The molecule has 0 aliphatic carbocycles. The van der Waals surface area contributed by atoms with Crippen LogP contribution in [0.1, 0.15) is 34.6 Å². The minimum Gasteiger partial charge on any atom is -0.364 e. The number of nitrogens with one attached hydrogen (secondary N) is 1. The first-order chi connectivity index (χ1) is 12.7.